The summed E-state index contributed by atoms with van der Waals surface area (Å²) in [6.45, 7) is 1.95. The third-order valence-electron chi connectivity index (χ3n) is 5.22. The number of carbonyl (C=O) groups excluding carboxylic acids is 1. The van der Waals surface area contributed by atoms with E-state index in [1.165, 1.54) is 19.2 Å². The van der Waals surface area contributed by atoms with E-state index in [1.807, 2.05) is 25.1 Å². The number of hydrogen-bond donors (Lipinski definition) is 1. The fourth-order valence-electron chi connectivity index (χ4n) is 3.77. The van der Waals surface area contributed by atoms with Crippen molar-refractivity contribution >= 4 is 38.9 Å². The van der Waals surface area contributed by atoms with Crippen molar-refractivity contribution in [2.45, 2.75) is 24.3 Å². The van der Waals surface area contributed by atoms with E-state index in [0.717, 1.165) is 11.3 Å². The van der Waals surface area contributed by atoms with Crippen molar-refractivity contribution in [1.82, 2.24) is 0 Å². The van der Waals surface area contributed by atoms with Gasteiger partial charge in [-0.05, 0) is 67.4 Å². The van der Waals surface area contributed by atoms with Crippen molar-refractivity contribution in [3.63, 3.8) is 0 Å². The molecule has 1 atom stereocenters. The highest BCUT2D eigenvalue weighted by molar-refractivity contribution is 7.92. The Morgan fingerprint density at radius 1 is 1.10 bits per heavy atom. The lowest BCUT2D eigenvalue weighted by atomic mass is 10.1. The van der Waals surface area contributed by atoms with Gasteiger partial charge in [0.05, 0.1) is 17.7 Å². The predicted molar refractivity (Wildman–Crippen MR) is 122 cm³/mol. The summed E-state index contributed by atoms with van der Waals surface area (Å²) in [5.74, 6) is 0.256. The second-order valence-electron chi connectivity index (χ2n) is 7.33. The number of carbonyl (C=O) groups is 1. The maximum absolute atomic E-state index is 13.0. The number of sulfonamides is 1. The molecule has 0 spiro atoms. The predicted octanol–water partition coefficient (Wildman–Crippen LogP) is 4.74. The van der Waals surface area contributed by atoms with Crippen molar-refractivity contribution in [2.24, 2.45) is 0 Å². The number of amides is 1. The van der Waals surface area contributed by atoms with Gasteiger partial charge in [-0.1, -0.05) is 29.8 Å². The third kappa shape index (κ3) is 4.11. The van der Waals surface area contributed by atoms with Crippen LogP contribution in [0.4, 0.5) is 11.4 Å². The molecule has 0 unspecified atom stereocenters. The second-order valence-corrected chi connectivity index (χ2v) is 9.45. The van der Waals surface area contributed by atoms with E-state index >= 15 is 0 Å². The molecule has 0 bridgehead atoms. The smallest absolute Gasteiger partial charge is 0.262 e. The maximum atomic E-state index is 13.0. The number of ether oxygens (including phenoxy) is 1. The van der Waals surface area contributed by atoms with Crippen molar-refractivity contribution in [2.75, 3.05) is 16.7 Å². The molecule has 0 saturated heterocycles. The number of anilines is 2. The molecule has 3 aromatic carbocycles. The minimum atomic E-state index is -3.88. The quantitative estimate of drug-likeness (QED) is 0.601. The normalized spacial score (nSPS) is 15.5. The molecule has 160 valence electrons. The van der Waals surface area contributed by atoms with Gasteiger partial charge in [-0.2, -0.15) is 0 Å². The number of nitrogens with one attached hydrogen (secondary N) is 1. The van der Waals surface area contributed by atoms with Crippen molar-refractivity contribution in [1.29, 1.82) is 0 Å². The minimum absolute atomic E-state index is 0.0818. The van der Waals surface area contributed by atoms with Crippen LogP contribution < -0.4 is 14.4 Å². The van der Waals surface area contributed by atoms with Crippen LogP contribution in [-0.2, 0) is 16.4 Å². The Hall–Kier alpha value is -3.03. The van der Waals surface area contributed by atoms with E-state index < -0.39 is 10.0 Å². The van der Waals surface area contributed by atoms with Crippen LogP contribution in [0.25, 0.3) is 0 Å². The lowest BCUT2D eigenvalue weighted by molar-refractivity contribution is 0.0981. The molecule has 4 rings (SSSR count). The van der Waals surface area contributed by atoms with Crippen molar-refractivity contribution in [3.8, 4) is 5.75 Å². The Morgan fingerprint density at radius 2 is 1.84 bits per heavy atom. The van der Waals surface area contributed by atoms with Gasteiger partial charge in [0.1, 0.15) is 5.75 Å². The van der Waals surface area contributed by atoms with E-state index in [9.17, 15) is 13.2 Å². The Labute approximate surface area is 186 Å². The molecule has 8 heteroatoms. The SMILES string of the molecule is COc1ccc(Cl)cc1NS(=O)(=O)c1ccc2c(c1)C[C@H](C)N2C(=O)c1ccccc1. The average molecular weight is 457 g/mol. The molecule has 0 saturated carbocycles. The minimum Gasteiger partial charge on any atom is -0.495 e. The van der Waals surface area contributed by atoms with E-state index in [2.05, 4.69) is 4.72 Å². The molecule has 6 nitrogen and oxygen atoms in total. The maximum Gasteiger partial charge on any atom is 0.262 e. The summed E-state index contributed by atoms with van der Waals surface area (Å²) in [7, 11) is -2.43. The lowest BCUT2D eigenvalue weighted by Gasteiger charge is -2.23. The van der Waals surface area contributed by atoms with Gasteiger partial charge in [-0.25, -0.2) is 8.42 Å². The number of nitrogens with zero attached hydrogens (tertiary/aromatic N) is 1. The fraction of sp³-hybridized carbons (Fsp3) is 0.174. The molecule has 0 aliphatic carbocycles. The average Bonchev–Trinajstić information content (AvgIpc) is 3.08. The zero-order valence-corrected chi connectivity index (χ0v) is 18.6. The molecular formula is C23H21ClN2O4S. The van der Waals surface area contributed by atoms with E-state index in [0.29, 0.717) is 22.8 Å². The molecular weight excluding hydrogens is 436 g/mol. The van der Waals surface area contributed by atoms with Gasteiger partial charge in [-0.3, -0.25) is 9.52 Å². The monoisotopic (exact) mass is 456 g/mol. The third-order valence-corrected chi connectivity index (χ3v) is 6.82. The first kappa shape index (κ1) is 21.2. The Bertz CT molecular complexity index is 1250. The van der Waals surface area contributed by atoms with E-state index in [-0.39, 0.29) is 22.5 Å². The highest BCUT2D eigenvalue weighted by atomic mass is 35.5. The van der Waals surface area contributed by atoms with Crippen molar-refractivity contribution < 1.29 is 17.9 Å². The van der Waals surface area contributed by atoms with Crippen LogP contribution in [0.2, 0.25) is 5.02 Å². The molecule has 0 radical (unpaired) electrons. The molecule has 1 N–H and O–H groups in total. The summed E-state index contributed by atoms with van der Waals surface area (Å²) in [6.07, 6.45) is 0.567. The zero-order valence-electron chi connectivity index (χ0n) is 17.0. The standard InChI is InChI=1S/C23H21ClN2O4S/c1-15-12-17-13-19(31(28,29)25-20-14-18(24)8-11-22(20)30-2)9-10-21(17)26(15)23(27)16-6-4-3-5-7-16/h3-11,13-15,25H,12H2,1-2H3/t15-/m0/s1. The van der Waals surface area contributed by atoms with Crippen LogP contribution >= 0.6 is 11.6 Å². The van der Waals surface area contributed by atoms with Gasteiger partial charge >= 0.3 is 0 Å². The first-order valence-corrected chi connectivity index (χ1v) is 11.5. The highest BCUT2D eigenvalue weighted by Crippen LogP contribution is 2.36. The van der Waals surface area contributed by atoms with Crippen molar-refractivity contribution in [3.05, 3.63) is 82.9 Å². The number of rotatable bonds is 5. The number of hydrogen-bond acceptors (Lipinski definition) is 4. The number of fused-ring (bicyclic) bond motifs is 1. The first-order chi connectivity index (χ1) is 14.8. The molecule has 1 amide bonds. The topological polar surface area (TPSA) is 75.7 Å². The van der Waals surface area contributed by atoms with E-state index in [4.69, 9.17) is 16.3 Å². The lowest BCUT2D eigenvalue weighted by Crippen LogP contribution is -2.35. The van der Waals surface area contributed by atoms with Crippen LogP contribution in [0.15, 0.2) is 71.6 Å². The summed E-state index contributed by atoms with van der Waals surface area (Å²) in [5.41, 5.74) is 2.37. The second kappa shape index (κ2) is 8.24. The van der Waals surface area contributed by atoms with Gasteiger partial charge in [-0.15, -0.1) is 0 Å². The van der Waals surface area contributed by atoms with Crippen LogP contribution in [-0.4, -0.2) is 27.5 Å². The number of methoxy groups -OCH3 is 1. The van der Waals surface area contributed by atoms with Crippen LogP contribution in [0.1, 0.15) is 22.8 Å². The summed E-state index contributed by atoms with van der Waals surface area (Å²) in [5, 5.41) is 0.386. The summed E-state index contributed by atoms with van der Waals surface area (Å²) in [4.78, 5) is 14.8. The molecule has 0 fully saturated rings. The van der Waals surface area contributed by atoms with Gasteiger partial charge in [0.2, 0.25) is 0 Å². The Kier molecular flexibility index (Phi) is 5.64. The summed E-state index contributed by atoms with van der Waals surface area (Å²) in [6, 6.07) is 18.5. The first-order valence-electron chi connectivity index (χ1n) is 9.68. The molecule has 31 heavy (non-hydrogen) atoms. The van der Waals surface area contributed by atoms with Crippen LogP contribution in [0.3, 0.4) is 0 Å². The van der Waals surface area contributed by atoms with Crippen LogP contribution in [0.5, 0.6) is 5.75 Å². The highest BCUT2D eigenvalue weighted by Gasteiger charge is 2.32. The molecule has 0 aromatic heterocycles. The zero-order chi connectivity index (χ0) is 22.2. The summed E-state index contributed by atoms with van der Waals surface area (Å²) < 4.78 is 33.8. The number of halogens is 1. The van der Waals surface area contributed by atoms with Gasteiger partial charge in [0.15, 0.2) is 0 Å². The Morgan fingerprint density at radius 3 is 2.55 bits per heavy atom. The van der Waals surface area contributed by atoms with Gasteiger partial charge in [0, 0.05) is 22.3 Å². The summed E-state index contributed by atoms with van der Waals surface area (Å²) >= 11 is 6.01. The molecule has 1 aliphatic heterocycles. The molecule has 3 aromatic rings. The molecule has 1 heterocycles. The van der Waals surface area contributed by atoms with E-state index in [1.54, 1.807) is 41.3 Å². The van der Waals surface area contributed by atoms with Gasteiger partial charge in [0.25, 0.3) is 15.9 Å². The molecule has 1 aliphatic rings. The van der Waals surface area contributed by atoms with Gasteiger partial charge < -0.3 is 9.64 Å². The van der Waals surface area contributed by atoms with Crippen LogP contribution in [0, 0.1) is 0 Å². The largest absolute Gasteiger partial charge is 0.495 e. The number of benzene rings is 3. The fourth-order valence-corrected chi connectivity index (χ4v) is 5.05. The Balaban J connectivity index is 1.65.